The first kappa shape index (κ1) is 15.4. The first-order valence-electron chi connectivity index (χ1n) is 7.44. The van der Waals surface area contributed by atoms with Crippen molar-refractivity contribution in [1.29, 1.82) is 0 Å². The standard InChI is InChI=1S/C17H16F2N2O2/c18-13-3-4-14(22)16(19)15(13)17(23)21-9-1-2-12(10-21)11-5-7-20-8-6-11/h3-8,12,22H,1-2,9-10H2/t12-/m1/s1. The van der Waals surface area contributed by atoms with Crippen molar-refractivity contribution in [2.75, 3.05) is 13.1 Å². The number of carbonyl (C=O) groups excluding carboxylic acids is 1. The number of phenols is 1. The van der Waals surface area contributed by atoms with Crippen LogP contribution in [0.5, 0.6) is 5.75 Å². The van der Waals surface area contributed by atoms with Crippen molar-refractivity contribution >= 4 is 5.91 Å². The molecule has 1 atom stereocenters. The minimum atomic E-state index is -1.21. The lowest BCUT2D eigenvalue weighted by Gasteiger charge is -2.33. The van der Waals surface area contributed by atoms with Crippen LogP contribution in [0.4, 0.5) is 8.78 Å². The van der Waals surface area contributed by atoms with E-state index in [9.17, 15) is 18.7 Å². The molecule has 2 aromatic rings. The lowest BCUT2D eigenvalue weighted by molar-refractivity contribution is 0.0696. The maximum Gasteiger partial charge on any atom is 0.259 e. The van der Waals surface area contributed by atoms with Crippen LogP contribution in [0.15, 0.2) is 36.7 Å². The number of aromatic hydroxyl groups is 1. The molecule has 1 aliphatic heterocycles. The van der Waals surface area contributed by atoms with Crippen LogP contribution in [-0.4, -0.2) is 34.0 Å². The van der Waals surface area contributed by atoms with Gasteiger partial charge >= 0.3 is 0 Å². The smallest absolute Gasteiger partial charge is 0.259 e. The fraction of sp³-hybridized carbons (Fsp3) is 0.294. The summed E-state index contributed by atoms with van der Waals surface area (Å²) >= 11 is 0. The predicted octanol–water partition coefficient (Wildman–Crippen LogP) is 3.09. The molecule has 1 aromatic heterocycles. The number of rotatable bonds is 2. The molecule has 23 heavy (non-hydrogen) atoms. The second kappa shape index (κ2) is 6.32. The van der Waals surface area contributed by atoms with Gasteiger partial charge in [0.25, 0.3) is 5.91 Å². The van der Waals surface area contributed by atoms with E-state index in [1.807, 2.05) is 12.1 Å². The maximum absolute atomic E-state index is 13.9. The first-order valence-corrected chi connectivity index (χ1v) is 7.44. The molecule has 2 heterocycles. The Balaban J connectivity index is 1.85. The fourth-order valence-corrected chi connectivity index (χ4v) is 2.96. The molecule has 4 nitrogen and oxygen atoms in total. The number of likely N-dealkylation sites (tertiary alicyclic amines) is 1. The Kier molecular flexibility index (Phi) is 4.23. The summed E-state index contributed by atoms with van der Waals surface area (Å²) in [4.78, 5) is 17.9. The summed E-state index contributed by atoms with van der Waals surface area (Å²) in [5.41, 5.74) is 0.356. The summed E-state index contributed by atoms with van der Waals surface area (Å²) in [5.74, 6) is -3.51. The Hall–Kier alpha value is -2.50. The van der Waals surface area contributed by atoms with E-state index in [4.69, 9.17) is 0 Å². The molecule has 0 bridgehead atoms. The molecule has 1 saturated heterocycles. The molecule has 0 radical (unpaired) electrons. The quantitative estimate of drug-likeness (QED) is 0.926. The van der Waals surface area contributed by atoms with Crippen molar-refractivity contribution < 1.29 is 18.7 Å². The first-order chi connectivity index (χ1) is 11.1. The zero-order valence-electron chi connectivity index (χ0n) is 12.4. The highest BCUT2D eigenvalue weighted by molar-refractivity contribution is 5.95. The number of phenolic OH excluding ortho intramolecular Hbond substituents is 1. The number of piperidine rings is 1. The van der Waals surface area contributed by atoms with Gasteiger partial charge in [0.1, 0.15) is 11.4 Å². The molecule has 1 N–H and O–H groups in total. The number of amides is 1. The fourth-order valence-electron chi connectivity index (χ4n) is 2.96. The molecule has 120 valence electrons. The minimum Gasteiger partial charge on any atom is -0.505 e. The highest BCUT2D eigenvalue weighted by atomic mass is 19.1. The Morgan fingerprint density at radius 1 is 1.22 bits per heavy atom. The SMILES string of the molecule is O=C(c1c(F)ccc(O)c1F)N1CCC[C@@H](c2ccncc2)C1. The molecular weight excluding hydrogens is 302 g/mol. The summed E-state index contributed by atoms with van der Waals surface area (Å²) in [6.07, 6.45) is 5.02. The highest BCUT2D eigenvalue weighted by Gasteiger charge is 2.29. The van der Waals surface area contributed by atoms with Gasteiger partial charge in [-0.1, -0.05) is 0 Å². The number of hydrogen-bond donors (Lipinski definition) is 1. The molecular formula is C17H16F2N2O2. The maximum atomic E-state index is 13.9. The molecule has 0 unspecified atom stereocenters. The molecule has 0 aliphatic carbocycles. The van der Waals surface area contributed by atoms with Crippen LogP contribution < -0.4 is 0 Å². The van der Waals surface area contributed by atoms with Gasteiger partial charge in [-0.15, -0.1) is 0 Å². The topological polar surface area (TPSA) is 53.4 Å². The molecule has 0 spiro atoms. The van der Waals surface area contributed by atoms with Crippen molar-refractivity contribution in [3.8, 4) is 5.75 Å². The normalized spacial score (nSPS) is 18.0. The average molecular weight is 318 g/mol. The monoisotopic (exact) mass is 318 g/mol. The van der Waals surface area contributed by atoms with Crippen molar-refractivity contribution in [3.63, 3.8) is 0 Å². The summed E-state index contributed by atoms with van der Waals surface area (Å²) < 4.78 is 27.8. The third-order valence-electron chi connectivity index (χ3n) is 4.17. The lowest BCUT2D eigenvalue weighted by Crippen LogP contribution is -2.39. The molecule has 0 saturated carbocycles. The van der Waals surface area contributed by atoms with Crippen LogP contribution in [0, 0.1) is 11.6 Å². The predicted molar refractivity (Wildman–Crippen MR) is 80.1 cm³/mol. The van der Waals surface area contributed by atoms with E-state index < -0.39 is 28.9 Å². The molecule has 6 heteroatoms. The van der Waals surface area contributed by atoms with Gasteiger partial charge in [0.2, 0.25) is 0 Å². The van der Waals surface area contributed by atoms with E-state index in [0.717, 1.165) is 30.5 Å². The van der Waals surface area contributed by atoms with Gasteiger partial charge in [0.15, 0.2) is 11.6 Å². The number of pyridine rings is 1. The summed E-state index contributed by atoms with van der Waals surface area (Å²) in [6.45, 7) is 0.826. The summed E-state index contributed by atoms with van der Waals surface area (Å²) in [7, 11) is 0. The van der Waals surface area contributed by atoms with Gasteiger partial charge in [-0.2, -0.15) is 0 Å². The number of halogens is 2. The Bertz CT molecular complexity index is 722. The van der Waals surface area contributed by atoms with E-state index in [1.165, 1.54) is 4.90 Å². The van der Waals surface area contributed by atoms with Crippen LogP contribution in [-0.2, 0) is 0 Å². The molecule has 1 aliphatic rings. The van der Waals surface area contributed by atoms with E-state index in [1.54, 1.807) is 12.4 Å². The summed E-state index contributed by atoms with van der Waals surface area (Å²) in [6, 6.07) is 5.57. The second-order valence-electron chi connectivity index (χ2n) is 5.63. The number of benzene rings is 1. The summed E-state index contributed by atoms with van der Waals surface area (Å²) in [5, 5.41) is 9.38. The van der Waals surface area contributed by atoms with Crippen LogP contribution in [0.2, 0.25) is 0 Å². The van der Waals surface area contributed by atoms with Gasteiger partial charge in [0, 0.05) is 31.4 Å². The van der Waals surface area contributed by atoms with E-state index in [-0.39, 0.29) is 5.92 Å². The number of carbonyl (C=O) groups is 1. The van der Waals surface area contributed by atoms with Crippen molar-refractivity contribution in [2.45, 2.75) is 18.8 Å². The molecule has 1 aromatic carbocycles. The zero-order chi connectivity index (χ0) is 16.4. The Morgan fingerprint density at radius 3 is 2.70 bits per heavy atom. The van der Waals surface area contributed by atoms with Gasteiger partial charge in [-0.25, -0.2) is 8.78 Å². The largest absolute Gasteiger partial charge is 0.505 e. The average Bonchev–Trinajstić information content (AvgIpc) is 2.59. The van der Waals surface area contributed by atoms with Gasteiger partial charge in [-0.05, 0) is 42.7 Å². The van der Waals surface area contributed by atoms with Crippen LogP contribution in [0.25, 0.3) is 0 Å². The molecule has 1 fully saturated rings. The lowest BCUT2D eigenvalue weighted by atomic mass is 9.91. The Labute approximate surface area is 132 Å². The second-order valence-corrected chi connectivity index (χ2v) is 5.63. The van der Waals surface area contributed by atoms with E-state index in [2.05, 4.69) is 4.98 Å². The van der Waals surface area contributed by atoms with Crippen molar-refractivity contribution in [1.82, 2.24) is 9.88 Å². The van der Waals surface area contributed by atoms with E-state index >= 15 is 0 Å². The number of aromatic nitrogens is 1. The van der Waals surface area contributed by atoms with Crippen LogP contribution in [0.1, 0.15) is 34.7 Å². The van der Waals surface area contributed by atoms with Crippen molar-refractivity contribution in [2.24, 2.45) is 0 Å². The molecule has 3 rings (SSSR count). The van der Waals surface area contributed by atoms with Crippen LogP contribution in [0.3, 0.4) is 0 Å². The minimum absolute atomic E-state index is 0.110. The third-order valence-corrected chi connectivity index (χ3v) is 4.17. The van der Waals surface area contributed by atoms with Crippen LogP contribution >= 0.6 is 0 Å². The zero-order valence-corrected chi connectivity index (χ0v) is 12.4. The van der Waals surface area contributed by atoms with Gasteiger partial charge < -0.3 is 10.0 Å². The number of nitrogens with zero attached hydrogens (tertiary/aromatic N) is 2. The number of hydrogen-bond acceptors (Lipinski definition) is 3. The van der Waals surface area contributed by atoms with Gasteiger partial charge in [0.05, 0.1) is 0 Å². The van der Waals surface area contributed by atoms with Gasteiger partial charge in [-0.3, -0.25) is 9.78 Å². The third kappa shape index (κ3) is 3.02. The van der Waals surface area contributed by atoms with E-state index in [0.29, 0.717) is 13.1 Å². The van der Waals surface area contributed by atoms with Crippen molar-refractivity contribution in [3.05, 3.63) is 59.4 Å². The Morgan fingerprint density at radius 2 is 1.96 bits per heavy atom. The highest BCUT2D eigenvalue weighted by Crippen LogP contribution is 2.29. The molecule has 1 amide bonds.